The van der Waals surface area contributed by atoms with Crippen LogP contribution in [0.4, 0.5) is 0 Å². The Morgan fingerprint density at radius 1 is 1.28 bits per heavy atom. The van der Waals surface area contributed by atoms with Crippen molar-refractivity contribution in [2.24, 2.45) is 0 Å². The van der Waals surface area contributed by atoms with Crippen molar-refractivity contribution in [3.63, 3.8) is 0 Å². The van der Waals surface area contributed by atoms with E-state index in [2.05, 4.69) is 27.4 Å². The molecule has 6 nitrogen and oxygen atoms in total. The third-order valence-electron chi connectivity index (χ3n) is 4.51. The van der Waals surface area contributed by atoms with Crippen molar-refractivity contribution in [1.29, 1.82) is 0 Å². The summed E-state index contributed by atoms with van der Waals surface area (Å²) in [5, 5.41) is 12.5. The number of thioether (sulfide) groups is 1. The van der Waals surface area contributed by atoms with E-state index in [1.165, 1.54) is 37.4 Å². The van der Waals surface area contributed by atoms with Crippen LogP contribution >= 0.6 is 11.8 Å². The zero-order valence-corrected chi connectivity index (χ0v) is 15.5. The molecule has 134 valence electrons. The van der Waals surface area contributed by atoms with Gasteiger partial charge in [0.1, 0.15) is 0 Å². The number of aromatic nitrogens is 4. The Balaban J connectivity index is 1.59. The van der Waals surface area contributed by atoms with E-state index < -0.39 is 0 Å². The molecule has 3 rings (SSSR count). The van der Waals surface area contributed by atoms with Crippen LogP contribution in [0.15, 0.2) is 29.7 Å². The monoisotopic (exact) mass is 359 g/mol. The Hall–Kier alpha value is -1.89. The van der Waals surface area contributed by atoms with Gasteiger partial charge in [0.2, 0.25) is 5.91 Å². The number of nitrogens with zero attached hydrogens (tertiary/aromatic N) is 4. The van der Waals surface area contributed by atoms with Gasteiger partial charge in [-0.25, -0.2) is 0 Å². The van der Waals surface area contributed by atoms with Crippen molar-refractivity contribution in [3.8, 4) is 11.4 Å². The summed E-state index contributed by atoms with van der Waals surface area (Å²) < 4.78 is 2.03. The second kappa shape index (κ2) is 8.99. The maximum absolute atomic E-state index is 12.3. The highest BCUT2D eigenvalue weighted by molar-refractivity contribution is 7.99. The van der Waals surface area contributed by atoms with Crippen LogP contribution in [0.3, 0.4) is 0 Å². The van der Waals surface area contributed by atoms with Gasteiger partial charge in [0.15, 0.2) is 11.0 Å². The first-order valence-electron chi connectivity index (χ1n) is 9.03. The molecule has 1 fully saturated rings. The summed E-state index contributed by atoms with van der Waals surface area (Å²) in [5.74, 6) is 1.26. The number of hydrogen-bond donors (Lipinski definition) is 1. The number of amides is 1. The molecule has 0 aromatic carbocycles. The second-order valence-corrected chi connectivity index (χ2v) is 7.28. The van der Waals surface area contributed by atoms with Crippen molar-refractivity contribution >= 4 is 17.7 Å². The molecule has 2 heterocycles. The lowest BCUT2D eigenvalue weighted by atomic mass is 10.1. The molecule has 1 amide bonds. The third-order valence-corrected chi connectivity index (χ3v) is 5.47. The van der Waals surface area contributed by atoms with Gasteiger partial charge >= 0.3 is 0 Å². The number of pyridine rings is 1. The van der Waals surface area contributed by atoms with Crippen molar-refractivity contribution in [2.75, 3.05) is 5.75 Å². The minimum Gasteiger partial charge on any atom is -0.353 e. The second-order valence-electron chi connectivity index (χ2n) is 6.34. The Morgan fingerprint density at radius 3 is 2.76 bits per heavy atom. The Morgan fingerprint density at radius 2 is 2.08 bits per heavy atom. The predicted molar refractivity (Wildman–Crippen MR) is 99.3 cm³/mol. The first-order valence-corrected chi connectivity index (χ1v) is 10.0. The normalized spacial score (nSPS) is 15.7. The van der Waals surface area contributed by atoms with E-state index in [1.807, 2.05) is 16.7 Å². The Labute approximate surface area is 152 Å². The lowest BCUT2D eigenvalue weighted by Gasteiger charge is -2.16. The summed E-state index contributed by atoms with van der Waals surface area (Å²) >= 11 is 1.45. The van der Waals surface area contributed by atoms with E-state index in [9.17, 15) is 4.79 Å². The maximum atomic E-state index is 12.3. The molecule has 0 saturated heterocycles. The molecule has 1 N–H and O–H groups in total. The first-order chi connectivity index (χ1) is 12.3. The van der Waals surface area contributed by atoms with Gasteiger partial charge in [-0.1, -0.05) is 37.4 Å². The van der Waals surface area contributed by atoms with Gasteiger partial charge in [0.05, 0.1) is 5.75 Å². The summed E-state index contributed by atoms with van der Waals surface area (Å²) in [4.78, 5) is 16.4. The molecule has 0 bridgehead atoms. The molecule has 1 aliphatic carbocycles. The summed E-state index contributed by atoms with van der Waals surface area (Å²) in [5.41, 5.74) is 0.937. The van der Waals surface area contributed by atoms with Crippen LogP contribution in [0.2, 0.25) is 0 Å². The van der Waals surface area contributed by atoms with Crippen LogP contribution in [0.1, 0.15) is 45.4 Å². The molecule has 0 atom stereocenters. The van der Waals surface area contributed by atoms with E-state index in [-0.39, 0.29) is 5.91 Å². The fourth-order valence-corrected chi connectivity index (χ4v) is 4.03. The largest absolute Gasteiger partial charge is 0.353 e. The minimum atomic E-state index is 0.0884. The quantitative estimate of drug-likeness (QED) is 0.633. The lowest BCUT2D eigenvalue weighted by Crippen LogP contribution is -2.35. The van der Waals surface area contributed by atoms with Crippen LogP contribution in [0.5, 0.6) is 0 Å². The highest BCUT2D eigenvalue weighted by Crippen LogP contribution is 2.23. The van der Waals surface area contributed by atoms with E-state index in [0.29, 0.717) is 11.8 Å². The molecule has 25 heavy (non-hydrogen) atoms. The molecule has 2 aromatic heterocycles. The summed E-state index contributed by atoms with van der Waals surface area (Å²) in [6.45, 7) is 2.81. The average molecular weight is 359 g/mol. The summed E-state index contributed by atoms with van der Waals surface area (Å²) in [7, 11) is 0. The van der Waals surface area contributed by atoms with Gasteiger partial charge in [0, 0.05) is 30.5 Å². The first kappa shape index (κ1) is 17.9. The summed E-state index contributed by atoms with van der Waals surface area (Å²) in [6, 6.07) is 4.19. The van der Waals surface area contributed by atoms with Crippen LogP contribution in [-0.4, -0.2) is 37.5 Å². The zero-order valence-electron chi connectivity index (χ0n) is 14.6. The van der Waals surface area contributed by atoms with Crippen LogP contribution in [0, 0.1) is 0 Å². The number of nitrogens with one attached hydrogen (secondary N) is 1. The maximum Gasteiger partial charge on any atom is 0.230 e. The molecule has 0 aliphatic heterocycles. The minimum absolute atomic E-state index is 0.0884. The zero-order chi connectivity index (χ0) is 17.5. The fourth-order valence-electron chi connectivity index (χ4n) is 3.21. The number of hydrogen-bond acceptors (Lipinski definition) is 5. The molecule has 7 heteroatoms. The predicted octanol–water partition coefficient (Wildman–Crippen LogP) is 3.29. The molecule has 0 spiro atoms. The number of carbonyl (C=O) groups excluding carboxylic acids is 1. The third kappa shape index (κ3) is 4.81. The lowest BCUT2D eigenvalue weighted by molar-refractivity contribution is -0.119. The number of rotatable bonds is 6. The molecule has 2 aromatic rings. The smallest absolute Gasteiger partial charge is 0.230 e. The van der Waals surface area contributed by atoms with E-state index >= 15 is 0 Å². The Bertz CT molecular complexity index is 680. The van der Waals surface area contributed by atoms with E-state index in [0.717, 1.165) is 35.9 Å². The molecule has 0 radical (unpaired) electrons. The highest BCUT2D eigenvalue weighted by atomic mass is 32.2. The molecular formula is C18H25N5OS. The van der Waals surface area contributed by atoms with Crippen molar-refractivity contribution in [1.82, 2.24) is 25.1 Å². The molecule has 0 unspecified atom stereocenters. The topological polar surface area (TPSA) is 72.7 Å². The van der Waals surface area contributed by atoms with Crippen LogP contribution < -0.4 is 5.32 Å². The SMILES string of the molecule is CCn1c(SCC(=O)NC2CCCCCC2)nnc1-c1cccnc1. The highest BCUT2D eigenvalue weighted by Gasteiger charge is 2.17. The average Bonchev–Trinajstić information content (AvgIpc) is 2.89. The molecular weight excluding hydrogens is 334 g/mol. The molecule has 1 saturated carbocycles. The van der Waals surface area contributed by atoms with Gasteiger partial charge < -0.3 is 9.88 Å². The van der Waals surface area contributed by atoms with Gasteiger partial charge in [0.25, 0.3) is 0 Å². The van der Waals surface area contributed by atoms with Crippen molar-refractivity contribution in [3.05, 3.63) is 24.5 Å². The number of carbonyl (C=O) groups is 1. The van der Waals surface area contributed by atoms with E-state index in [4.69, 9.17) is 0 Å². The standard InChI is InChI=1S/C18H25N5OS/c1-2-23-17(14-8-7-11-19-12-14)21-22-18(23)25-13-16(24)20-15-9-5-3-4-6-10-15/h7-8,11-12,15H,2-6,9-10,13H2,1H3,(H,20,24). The Kier molecular flexibility index (Phi) is 6.44. The van der Waals surface area contributed by atoms with Gasteiger partial charge in [-0.15, -0.1) is 10.2 Å². The van der Waals surface area contributed by atoms with Gasteiger partial charge in [-0.3, -0.25) is 9.78 Å². The summed E-state index contributed by atoms with van der Waals surface area (Å²) in [6.07, 6.45) is 10.7. The molecule has 1 aliphatic rings. The van der Waals surface area contributed by atoms with Crippen molar-refractivity contribution < 1.29 is 4.79 Å². The van der Waals surface area contributed by atoms with Crippen LogP contribution in [0.25, 0.3) is 11.4 Å². The van der Waals surface area contributed by atoms with Gasteiger partial charge in [-0.2, -0.15) is 0 Å². The van der Waals surface area contributed by atoms with E-state index in [1.54, 1.807) is 12.4 Å². The van der Waals surface area contributed by atoms with Crippen LogP contribution in [-0.2, 0) is 11.3 Å². The van der Waals surface area contributed by atoms with Gasteiger partial charge in [-0.05, 0) is 31.9 Å². The van der Waals surface area contributed by atoms with Crippen molar-refractivity contribution in [2.45, 2.75) is 63.2 Å². The fraction of sp³-hybridized carbons (Fsp3) is 0.556.